The Morgan fingerprint density at radius 3 is 2.68 bits per heavy atom. The monoisotopic (exact) mass is 595 g/mol. The molecule has 41 heavy (non-hydrogen) atoms. The van der Waals surface area contributed by atoms with Crippen LogP contribution in [0, 0.1) is 0 Å². The van der Waals surface area contributed by atoms with E-state index < -0.39 is 0 Å². The van der Waals surface area contributed by atoms with Gasteiger partial charge in [-0.15, -0.1) is 0 Å². The molecular weight excluding hydrogens is 553 g/mol. The number of aliphatic hydroxyl groups excluding tert-OH is 1. The van der Waals surface area contributed by atoms with E-state index >= 15 is 0 Å². The zero-order valence-corrected chi connectivity index (χ0v) is 25.5. The average molecular weight is 597 g/mol. The highest BCUT2D eigenvalue weighted by Gasteiger charge is 2.30. The molecule has 2 saturated heterocycles. The quantitative estimate of drug-likeness (QED) is 0.246. The normalized spacial score (nSPS) is 20.7. The van der Waals surface area contributed by atoms with E-state index in [1.807, 2.05) is 12.1 Å². The summed E-state index contributed by atoms with van der Waals surface area (Å²) in [5.74, 6) is 0.314. The Morgan fingerprint density at radius 2 is 1.93 bits per heavy atom. The van der Waals surface area contributed by atoms with Crippen molar-refractivity contribution in [1.82, 2.24) is 20.5 Å². The average Bonchev–Trinajstić information content (AvgIpc) is 3.00. The molecule has 6 nitrogen and oxygen atoms in total. The van der Waals surface area contributed by atoms with Crippen LogP contribution in [0.1, 0.15) is 67.1 Å². The number of piperidine rings is 1. The number of pyridine rings is 1. The second-order valence-corrected chi connectivity index (χ2v) is 12.3. The van der Waals surface area contributed by atoms with Crippen molar-refractivity contribution < 1.29 is 5.11 Å². The molecule has 0 radical (unpaired) electrons. The Kier molecular flexibility index (Phi) is 10.9. The minimum Gasteiger partial charge on any atom is -0.396 e. The minimum atomic E-state index is 0.153. The Hall–Kier alpha value is -2.19. The van der Waals surface area contributed by atoms with Gasteiger partial charge >= 0.3 is 0 Å². The number of nitrogens with zero attached hydrogens (tertiary/aromatic N) is 3. The smallest absolute Gasteiger partial charge is 0.0670 e. The molecule has 2 aliphatic rings. The van der Waals surface area contributed by atoms with Gasteiger partial charge in [0, 0.05) is 56.0 Å². The van der Waals surface area contributed by atoms with Crippen molar-refractivity contribution in [3.05, 3.63) is 93.2 Å². The molecule has 2 fully saturated rings. The first-order valence-corrected chi connectivity index (χ1v) is 15.8. The van der Waals surface area contributed by atoms with Crippen LogP contribution in [0.4, 0.5) is 5.69 Å². The van der Waals surface area contributed by atoms with Gasteiger partial charge in [-0.05, 0) is 86.2 Å². The van der Waals surface area contributed by atoms with Gasteiger partial charge in [0.05, 0.1) is 28.6 Å². The van der Waals surface area contributed by atoms with Crippen LogP contribution in [-0.4, -0.2) is 60.5 Å². The number of rotatable bonds is 11. The standard InChI is InChI=1S/C33H43Cl2N5O/c1-24(30-8-4-7-28(38-30)21-37-33-9-2-3-16-36-33)22-39-17-18-40(32(23-39)26-11-13-27(34)14-12-26)31-15-10-25(6-5-19-41)20-29(31)35/h4,7-8,10-15,20,24,32-33,36-37,41H,2-3,5-6,9,16-19,21-23H2,1H3/t24-,32-,33?/m0/s1. The van der Waals surface area contributed by atoms with Gasteiger partial charge in [0.15, 0.2) is 0 Å². The SMILES string of the molecule is C[C@@H](CN1CCN(c2ccc(CCCO)cc2Cl)[C@H](c2ccc(Cl)cc2)C1)c1cccc(CNC2CCCCN2)n1. The van der Waals surface area contributed by atoms with E-state index in [9.17, 15) is 5.11 Å². The second-order valence-electron chi connectivity index (χ2n) is 11.5. The van der Waals surface area contributed by atoms with E-state index in [0.29, 0.717) is 12.1 Å². The number of anilines is 1. The molecule has 8 heteroatoms. The first-order chi connectivity index (χ1) is 20.0. The number of aromatic nitrogens is 1. The van der Waals surface area contributed by atoms with E-state index in [1.54, 1.807) is 0 Å². The van der Waals surface area contributed by atoms with Crippen LogP contribution in [0.3, 0.4) is 0 Å². The van der Waals surface area contributed by atoms with Crippen LogP contribution in [0.5, 0.6) is 0 Å². The highest BCUT2D eigenvalue weighted by Crippen LogP contribution is 2.36. The molecule has 2 aliphatic heterocycles. The van der Waals surface area contributed by atoms with Gasteiger partial charge in [-0.1, -0.05) is 54.4 Å². The van der Waals surface area contributed by atoms with Gasteiger partial charge < -0.3 is 15.3 Å². The van der Waals surface area contributed by atoms with Crippen molar-refractivity contribution >= 4 is 28.9 Å². The number of aliphatic hydroxyl groups is 1. The molecule has 3 N–H and O–H groups in total. The fraction of sp³-hybridized carbons (Fsp3) is 0.485. The first kappa shape index (κ1) is 30.3. The summed E-state index contributed by atoms with van der Waals surface area (Å²) in [4.78, 5) is 10.0. The van der Waals surface area contributed by atoms with Crippen LogP contribution in [-0.2, 0) is 13.0 Å². The van der Waals surface area contributed by atoms with Crippen molar-refractivity contribution in [3.63, 3.8) is 0 Å². The molecule has 0 aliphatic carbocycles. The molecule has 0 saturated carbocycles. The van der Waals surface area contributed by atoms with E-state index in [2.05, 4.69) is 75.9 Å². The third kappa shape index (κ3) is 8.22. The van der Waals surface area contributed by atoms with E-state index in [4.69, 9.17) is 28.2 Å². The Balaban J connectivity index is 1.27. The molecule has 1 aromatic heterocycles. The van der Waals surface area contributed by atoms with Gasteiger partial charge in [-0.2, -0.15) is 0 Å². The summed E-state index contributed by atoms with van der Waals surface area (Å²) in [6.07, 6.45) is 5.68. The third-order valence-corrected chi connectivity index (χ3v) is 8.92. The lowest BCUT2D eigenvalue weighted by Gasteiger charge is -2.44. The maximum Gasteiger partial charge on any atom is 0.0670 e. The fourth-order valence-electron chi connectivity index (χ4n) is 6.09. The topological polar surface area (TPSA) is 63.7 Å². The molecule has 0 amide bonds. The molecule has 3 aromatic rings. The zero-order chi connectivity index (χ0) is 28.6. The summed E-state index contributed by atoms with van der Waals surface area (Å²) >= 11 is 13.1. The first-order valence-electron chi connectivity index (χ1n) is 15.1. The van der Waals surface area contributed by atoms with Gasteiger partial charge in [0.1, 0.15) is 0 Å². The maximum atomic E-state index is 9.22. The molecular formula is C33H43Cl2N5O. The third-order valence-electron chi connectivity index (χ3n) is 8.37. The highest BCUT2D eigenvalue weighted by molar-refractivity contribution is 6.33. The van der Waals surface area contributed by atoms with Crippen molar-refractivity contribution in [3.8, 4) is 0 Å². The molecule has 3 atom stereocenters. The largest absolute Gasteiger partial charge is 0.396 e. The molecule has 2 aromatic carbocycles. The number of aryl methyl sites for hydroxylation is 1. The number of nitrogens with one attached hydrogen (secondary N) is 2. The lowest BCUT2D eigenvalue weighted by Crippen LogP contribution is -2.49. The highest BCUT2D eigenvalue weighted by atomic mass is 35.5. The second kappa shape index (κ2) is 14.8. The van der Waals surface area contributed by atoms with Crippen LogP contribution in [0.25, 0.3) is 0 Å². The van der Waals surface area contributed by atoms with Crippen molar-refractivity contribution in [2.45, 2.75) is 63.7 Å². The van der Waals surface area contributed by atoms with Gasteiger partial charge in [-0.25, -0.2) is 0 Å². The lowest BCUT2D eigenvalue weighted by atomic mass is 9.99. The van der Waals surface area contributed by atoms with Gasteiger partial charge in [0.2, 0.25) is 0 Å². The summed E-state index contributed by atoms with van der Waals surface area (Å²) in [7, 11) is 0. The van der Waals surface area contributed by atoms with Crippen LogP contribution in [0.15, 0.2) is 60.7 Å². The van der Waals surface area contributed by atoms with Crippen molar-refractivity contribution in [1.29, 1.82) is 0 Å². The van der Waals surface area contributed by atoms with Crippen molar-refractivity contribution in [2.75, 3.05) is 44.2 Å². The Morgan fingerprint density at radius 1 is 1.07 bits per heavy atom. The number of hydrogen-bond donors (Lipinski definition) is 3. The maximum absolute atomic E-state index is 9.22. The molecule has 220 valence electrons. The summed E-state index contributed by atoms with van der Waals surface area (Å²) in [6, 6.07) is 21.1. The molecule has 5 rings (SSSR count). The summed E-state index contributed by atoms with van der Waals surface area (Å²) in [6.45, 7) is 8.01. The summed E-state index contributed by atoms with van der Waals surface area (Å²) < 4.78 is 0. The molecule has 0 spiro atoms. The predicted molar refractivity (Wildman–Crippen MR) is 170 cm³/mol. The number of benzene rings is 2. The summed E-state index contributed by atoms with van der Waals surface area (Å²) in [5.41, 5.74) is 5.69. The lowest BCUT2D eigenvalue weighted by molar-refractivity contribution is 0.213. The number of halogens is 2. The van der Waals surface area contributed by atoms with Crippen LogP contribution < -0.4 is 15.5 Å². The number of hydrogen-bond acceptors (Lipinski definition) is 6. The summed E-state index contributed by atoms with van der Waals surface area (Å²) in [5, 5.41) is 17.9. The fourth-order valence-corrected chi connectivity index (χ4v) is 6.53. The Labute approximate surface area is 255 Å². The van der Waals surface area contributed by atoms with Crippen molar-refractivity contribution in [2.24, 2.45) is 0 Å². The Bertz CT molecular complexity index is 1250. The van der Waals surface area contributed by atoms with Crippen LogP contribution >= 0.6 is 23.2 Å². The molecule has 3 heterocycles. The minimum absolute atomic E-state index is 0.153. The van der Waals surface area contributed by atoms with Gasteiger partial charge in [0.25, 0.3) is 0 Å². The predicted octanol–water partition coefficient (Wildman–Crippen LogP) is 6.17. The van der Waals surface area contributed by atoms with E-state index in [1.165, 1.54) is 24.8 Å². The number of piperazine rings is 1. The molecule has 0 bridgehead atoms. The van der Waals surface area contributed by atoms with E-state index in [-0.39, 0.29) is 12.6 Å². The van der Waals surface area contributed by atoms with E-state index in [0.717, 1.165) is 84.8 Å². The molecule has 1 unspecified atom stereocenters. The van der Waals surface area contributed by atoms with Crippen LogP contribution in [0.2, 0.25) is 10.0 Å². The van der Waals surface area contributed by atoms with Gasteiger partial charge in [-0.3, -0.25) is 15.2 Å². The zero-order valence-electron chi connectivity index (χ0n) is 24.0.